The molecule has 1 N–H and O–H groups in total. The summed E-state index contributed by atoms with van der Waals surface area (Å²) in [5.74, 6) is 0.714. The highest BCUT2D eigenvalue weighted by Gasteiger charge is 2.32. The number of likely N-dealkylation sites (tertiary alicyclic amines) is 2. The number of hydrogen-bond donors (Lipinski definition) is 1. The van der Waals surface area contributed by atoms with E-state index in [4.69, 9.17) is 0 Å². The molecular formula is C17H35N3. The van der Waals surface area contributed by atoms with Gasteiger partial charge in [0.1, 0.15) is 0 Å². The van der Waals surface area contributed by atoms with Crippen LogP contribution in [0.15, 0.2) is 0 Å². The lowest BCUT2D eigenvalue weighted by Crippen LogP contribution is -2.45. The predicted octanol–water partition coefficient (Wildman–Crippen LogP) is 2.57. The molecule has 0 bridgehead atoms. The Balaban J connectivity index is 1.76. The number of hydrogen-bond acceptors (Lipinski definition) is 3. The highest BCUT2D eigenvalue weighted by molar-refractivity contribution is 4.89. The largest absolute Gasteiger partial charge is 0.312 e. The van der Waals surface area contributed by atoms with Crippen LogP contribution in [-0.4, -0.2) is 60.1 Å². The summed E-state index contributed by atoms with van der Waals surface area (Å²) in [5.41, 5.74) is 0.233. The van der Waals surface area contributed by atoms with Gasteiger partial charge in [-0.05, 0) is 72.5 Å². The molecule has 3 unspecified atom stereocenters. The van der Waals surface area contributed by atoms with Crippen LogP contribution >= 0.6 is 0 Å². The third kappa shape index (κ3) is 4.44. The number of nitrogens with zero attached hydrogens (tertiary/aromatic N) is 2. The summed E-state index contributed by atoms with van der Waals surface area (Å²) in [4.78, 5) is 5.45. The SMILES string of the molecule is CC(CNC(C)(C)C)C(C)N1CCC(N2CCCC2)C1. The van der Waals surface area contributed by atoms with Crippen LogP contribution in [0.25, 0.3) is 0 Å². The van der Waals surface area contributed by atoms with E-state index >= 15 is 0 Å². The van der Waals surface area contributed by atoms with Gasteiger partial charge in [-0.3, -0.25) is 9.80 Å². The second-order valence-electron chi connectivity index (χ2n) is 8.03. The quantitative estimate of drug-likeness (QED) is 0.835. The second kappa shape index (κ2) is 6.76. The van der Waals surface area contributed by atoms with Crippen molar-refractivity contribution in [1.82, 2.24) is 15.1 Å². The van der Waals surface area contributed by atoms with E-state index in [1.165, 1.54) is 45.4 Å². The minimum Gasteiger partial charge on any atom is -0.312 e. The third-order valence-electron chi connectivity index (χ3n) is 5.21. The summed E-state index contributed by atoms with van der Waals surface area (Å²) in [6.07, 6.45) is 4.21. The van der Waals surface area contributed by atoms with Gasteiger partial charge in [-0.15, -0.1) is 0 Å². The van der Waals surface area contributed by atoms with Gasteiger partial charge in [0.05, 0.1) is 0 Å². The van der Waals surface area contributed by atoms with Crippen molar-refractivity contribution in [2.75, 3.05) is 32.7 Å². The molecule has 2 aliphatic heterocycles. The van der Waals surface area contributed by atoms with E-state index in [9.17, 15) is 0 Å². The van der Waals surface area contributed by atoms with Crippen molar-refractivity contribution in [2.45, 2.75) is 71.5 Å². The molecule has 0 aromatic rings. The molecule has 0 aromatic carbocycles. The standard InChI is InChI=1S/C17H35N3/c1-14(12-18-17(3,4)5)15(2)20-11-8-16(13-20)19-9-6-7-10-19/h14-16,18H,6-13H2,1-5H3. The van der Waals surface area contributed by atoms with Crippen LogP contribution in [-0.2, 0) is 0 Å². The summed E-state index contributed by atoms with van der Waals surface area (Å²) < 4.78 is 0. The van der Waals surface area contributed by atoms with E-state index in [2.05, 4.69) is 49.7 Å². The molecule has 2 rings (SSSR count). The first kappa shape index (κ1) is 16.3. The van der Waals surface area contributed by atoms with Crippen LogP contribution in [0.4, 0.5) is 0 Å². The Bertz CT molecular complexity index is 291. The van der Waals surface area contributed by atoms with E-state index < -0.39 is 0 Å². The van der Waals surface area contributed by atoms with Crippen LogP contribution in [0.5, 0.6) is 0 Å². The molecule has 2 aliphatic rings. The first-order valence-electron chi connectivity index (χ1n) is 8.60. The number of nitrogens with one attached hydrogen (secondary N) is 1. The van der Waals surface area contributed by atoms with Gasteiger partial charge in [0.15, 0.2) is 0 Å². The zero-order valence-corrected chi connectivity index (χ0v) is 14.3. The lowest BCUT2D eigenvalue weighted by atomic mass is 10.00. The van der Waals surface area contributed by atoms with Crippen LogP contribution < -0.4 is 5.32 Å². The van der Waals surface area contributed by atoms with Crippen LogP contribution in [0.1, 0.15) is 53.9 Å². The summed E-state index contributed by atoms with van der Waals surface area (Å²) >= 11 is 0. The van der Waals surface area contributed by atoms with Gasteiger partial charge in [0, 0.05) is 30.7 Å². The fourth-order valence-corrected chi connectivity index (χ4v) is 3.54. The Morgan fingerprint density at radius 1 is 1.10 bits per heavy atom. The molecule has 0 saturated carbocycles. The lowest BCUT2D eigenvalue weighted by molar-refractivity contribution is 0.167. The average Bonchev–Trinajstić information content (AvgIpc) is 3.03. The van der Waals surface area contributed by atoms with Crippen molar-refractivity contribution in [3.8, 4) is 0 Å². The summed E-state index contributed by atoms with van der Waals surface area (Å²) in [7, 11) is 0. The van der Waals surface area contributed by atoms with E-state index in [1.807, 2.05) is 0 Å². The topological polar surface area (TPSA) is 18.5 Å². The van der Waals surface area contributed by atoms with Gasteiger partial charge >= 0.3 is 0 Å². The first-order valence-corrected chi connectivity index (χ1v) is 8.60. The Morgan fingerprint density at radius 3 is 2.35 bits per heavy atom. The molecule has 3 heteroatoms. The summed E-state index contributed by atoms with van der Waals surface area (Å²) in [5, 5.41) is 3.66. The van der Waals surface area contributed by atoms with Crippen LogP contribution in [0.2, 0.25) is 0 Å². The maximum absolute atomic E-state index is 3.66. The van der Waals surface area contributed by atoms with Crippen molar-refractivity contribution in [1.29, 1.82) is 0 Å². The summed E-state index contributed by atoms with van der Waals surface area (Å²) in [6, 6.07) is 1.53. The fraction of sp³-hybridized carbons (Fsp3) is 1.00. The molecule has 118 valence electrons. The van der Waals surface area contributed by atoms with Gasteiger partial charge in [-0.1, -0.05) is 6.92 Å². The van der Waals surface area contributed by atoms with Gasteiger partial charge in [0.25, 0.3) is 0 Å². The molecule has 0 aromatic heterocycles. The third-order valence-corrected chi connectivity index (χ3v) is 5.21. The van der Waals surface area contributed by atoms with Crippen molar-refractivity contribution in [3.05, 3.63) is 0 Å². The van der Waals surface area contributed by atoms with Gasteiger partial charge in [-0.2, -0.15) is 0 Å². The molecule has 2 fully saturated rings. The van der Waals surface area contributed by atoms with Crippen LogP contribution in [0, 0.1) is 5.92 Å². The molecule has 3 nitrogen and oxygen atoms in total. The molecule has 0 aliphatic carbocycles. The zero-order chi connectivity index (χ0) is 14.8. The zero-order valence-electron chi connectivity index (χ0n) is 14.3. The molecule has 2 saturated heterocycles. The summed E-state index contributed by atoms with van der Waals surface area (Å²) in [6.45, 7) is 18.0. The van der Waals surface area contributed by atoms with E-state index in [0.29, 0.717) is 12.0 Å². The maximum Gasteiger partial charge on any atom is 0.0235 e. The van der Waals surface area contributed by atoms with Gasteiger partial charge < -0.3 is 5.32 Å². The highest BCUT2D eigenvalue weighted by Crippen LogP contribution is 2.24. The van der Waals surface area contributed by atoms with E-state index in [1.54, 1.807) is 0 Å². The van der Waals surface area contributed by atoms with Crippen molar-refractivity contribution in [2.24, 2.45) is 5.92 Å². The second-order valence-corrected chi connectivity index (χ2v) is 8.03. The van der Waals surface area contributed by atoms with Gasteiger partial charge in [-0.25, -0.2) is 0 Å². The molecule has 2 heterocycles. The highest BCUT2D eigenvalue weighted by atomic mass is 15.3. The monoisotopic (exact) mass is 281 g/mol. The fourth-order valence-electron chi connectivity index (χ4n) is 3.54. The first-order chi connectivity index (χ1) is 9.37. The molecule has 0 amide bonds. The molecule has 20 heavy (non-hydrogen) atoms. The van der Waals surface area contributed by atoms with Crippen molar-refractivity contribution >= 4 is 0 Å². The van der Waals surface area contributed by atoms with Gasteiger partial charge in [0.2, 0.25) is 0 Å². The molecule has 0 radical (unpaired) electrons. The number of rotatable bonds is 5. The van der Waals surface area contributed by atoms with E-state index in [-0.39, 0.29) is 5.54 Å². The van der Waals surface area contributed by atoms with Crippen molar-refractivity contribution in [3.63, 3.8) is 0 Å². The molecule has 3 atom stereocenters. The molecular weight excluding hydrogens is 246 g/mol. The Hall–Kier alpha value is -0.120. The van der Waals surface area contributed by atoms with Crippen molar-refractivity contribution < 1.29 is 0 Å². The minimum absolute atomic E-state index is 0.233. The Labute approximate surface area is 126 Å². The maximum atomic E-state index is 3.66. The lowest BCUT2D eigenvalue weighted by Gasteiger charge is -2.33. The Kier molecular flexibility index (Phi) is 5.49. The Morgan fingerprint density at radius 2 is 1.75 bits per heavy atom. The minimum atomic E-state index is 0.233. The predicted molar refractivity (Wildman–Crippen MR) is 87.2 cm³/mol. The normalized spacial score (nSPS) is 28.9. The molecule has 0 spiro atoms. The smallest absolute Gasteiger partial charge is 0.0235 e. The van der Waals surface area contributed by atoms with E-state index in [0.717, 1.165) is 12.6 Å². The average molecular weight is 281 g/mol. The van der Waals surface area contributed by atoms with Crippen LogP contribution in [0.3, 0.4) is 0 Å².